The van der Waals surface area contributed by atoms with Crippen molar-refractivity contribution in [3.63, 3.8) is 0 Å². The minimum absolute atomic E-state index is 0.0120. The van der Waals surface area contributed by atoms with Crippen molar-refractivity contribution in [3.8, 4) is 44.5 Å². The zero-order chi connectivity index (χ0) is 40.7. The monoisotopic (exact) mass is 752 g/mol. The molecule has 0 heterocycles. The van der Waals surface area contributed by atoms with Crippen LogP contribution in [0.15, 0.2) is 119 Å². The van der Waals surface area contributed by atoms with E-state index >= 15 is 0 Å². The Labute approximate surface area is 340 Å². The highest BCUT2D eigenvalue weighted by molar-refractivity contribution is 6.27. The van der Waals surface area contributed by atoms with Crippen LogP contribution in [0.25, 0.3) is 98.4 Å². The second kappa shape index (κ2) is 12.2. The summed E-state index contributed by atoms with van der Waals surface area (Å²) < 4.78 is 0. The molecule has 2 heteroatoms. The lowest BCUT2D eigenvalue weighted by Gasteiger charge is -2.23. The molecule has 6 aromatic rings. The van der Waals surface area contributed by atoms with E-state index in [2.05, 4.69) is 130 Å². The van der Waals surface area contributed by atoms with Crippen molar-refractivity contribution in [2.24, 2.45) is 0 Å². The smallest absolute Gasteiger partial charge is 0.187 e. The molecule has 0 unspecified atom stereocenters. The Balaban J connectivity index is 1.37. The third-order valence-electron chi connectivity index (χ3n) is 13.0. The number of hydrogen-bond donors (Lipinski definition) is 0. The fourth-order valence-electron chi connectivity index (χ4n) is 10.2. The molecule has 0 saturated heterocycles. The fraction of sp³-hybridized carbons (Fsp3) is 0.214. The molecule has 0 amide bonds. The highest BCUT2D eigenvalue weighted by Gasteiger charge is 2.29. The van der Waals surface area contributed by atoms with Crippen molar-refractivity contribution in [1.29, 1.82) is 0 Å². The first kappa shape index (κ1) is 36.2. The van der Waals surface area contributed by atoms with Gasteiger partial charge in [0.05, 0.1) is 0 Å². The van der Waals surface area contributed by atoms with E-state index in [-0.39, 0.29) is 21.7 Å². The second-order valence-electron chi connectivity index (χ2n) is 19.0. The van der Waals surface area contributed by atoms with Gasteiger partial charge in [-0.1, -0.05) is 114 Å². The van der Waals surface area contributed by atoms with Crippen LogP contribution in [-0.4, -0.2) is 0 Å². The summed E-state index contributed by atoms with van der Waals surface area (Å²) in [5, 5.41) is 10.2. The third-order valence-corrected chi connectivity index (χ3v) is 13.0. The Bertz CT molecular complexity index is 3150. The molecule has 4 aliphatic rings. The largest absolute Gasteiger partial charge is 0.289 e. The minimum atomic E-state index is 0.0120. The van der Waals surface area contributed by atoms with Crippen molar-refractivity contribution in [1.82, 2.24) is 0 Å². The average Bonchev–Trinajstić information content (AvgIpc) is 3.63. The van der Waals surface area contributed by atoms with Gasteiger partial charge in [0.2, 0.25) is 0 Å². The summed E-state index contributed by atoms with van der Waals surface area (Å²) >= 11 is 0. The lowest BCUT2D eigenvalue weighted by Crippen LogP contribution is -2.12. The highest BCUT2D eigenvalue weighted by atomic mass is 16.1. The van der Waals surface area contributed by atoms with E-state index in [0.29, 0.717) is 0 Å². The van der Waals surface area contributed by atoms with Gasteiger partial charge in [0.25, 0.3) is 0 Å². The van der Waals surface area contributed by atoms with E-state index in [1.165, 1.54) is 55.6 Å². The van der Waals surface area contributed by atoms with Crippen LogP contribution in [0.3, 0.4) is 0 Å². The fourth-order valence-corrected chi connectivity index (χ4v) is 10.2. The van der Waals surface area contributed by atoms with Crippen LogP contribution in [0, 0.1) is 27.7 Å². The molecule has 4 aliphatic carbocycles. The van der Waals surface area contributed by atoms with Gasteiger partial charge in [-0.3, -0.25) is 9.59 Å². The van der Waals surface area contributed by atoms with Gasteiger partial charge in [0, 0.05) is 10.8 Å². The van der Waals surface area contributed by atoms with E-state index in [0.717, 1.165) is 76.1 Å². The summed E-state index contributed by atoms with van der Waals surface area (Å²) in [6, 6.07) is 38.6. The summed E-state index contributed by atoms with van der Waals surface area (Å²) in [5.41, 5.74) is 16.7. The van der Waals surface area contributed by atoms with Crippen LogP contribution in [0.5, 0.6) is 0 Å². The predicted molar refractivity (Wildman–Crippen MR) is 249 cm³/mol. The summed E-state index contributed by atoms with van der Waals surface area (Å²) in [6.07, 6.45) is 0. The molecule has 0 N–H and O–H groups in total. The Morgan fingerprint density at radius 2 is 0.638 bits per heavy atom. The van der Waals surface area contributed by atoms with Crippen LogP contribution < -0.4 is 10.9 Å². The lowest BCUT2D eigenvalue weighted by molar-refractivity contribution is 0.589. The number of rotatable bonds is 2. The Kier molecular flexibility index (Phi) is 7.62. The predicted octanol–water partition coefficient (Wildman–Crippen LogP) is 14.4. The number of aryl methyl sites for hydroxylation is 4. The zero-order valence-corrected chi connectivity index (χ0v) is 35.2. The van der Waals surface area contributed by atoms with Crippen molar-refractivity contribution in [2.45, 2.75) is 80.1 Å². The zero-order valence-electron chi connectivity index (χ0n) is 35.2. The molecular formula is C56H48O2. The molecule has 0 saturated carbocycles. The van der Waals surface area contributed by atoms with Crippen molar-refractivity contribution in [2.75, 3.05) is 0 Å². The Morgan fingerprint density at radius 3 is 0.966 bits per heavy atom. The van der Waals surface area contributed by atoms with Gasteiger partial charge in [0.1, 0.15) is 0 Å². The molecule has 284 valence electrons. The molecule has 58 heavy (non-hydrogen) atoms. The van der Waals surface area contributed by atoms with E-state index in [9.17, 15) is 9.59 Å². The van der Waals surface area contributed by atoms with E-state index in [1.54, 1.807) is 0 Å². The molecule has 0 aliphatic heterocycles. The van der Waals surface area contributed by atoms with Crippen LogP contribution in [0.4, 0.5) is 0 Å². The third kappa shape index (κ3) is 5.17. The standard InChI is InChI=1S/C56H48O2/c1-29-19-35(55(5,6)7)20-30(2)49(29)53-43-25-33-24-42-44(26-34(33)23-41(43)45-27-47(57)37-15-11-13-17-39(37)51(45)53)54(50-31(3)21-36(22-32(50)4)56(8,9)10)52-40-18-14-12-16-38(40)48(58)28-46(42)52/h11-28H,1-10H3. The van der Waals surface area contributed by atoms with Crippen LogP contribution in [0.1, 0.15) is 74.9 Å². The quantitative estimate of drug-likeness (QED) is 0.176. The Hall–Kier alpha value is -6.12. The van der Waals surface area contributed by atoms with Gasteiger partial charge >= 0.3 is 0 Å². The lowest BCUT2D eigenvalue weighted by atomic mass is 9.81. The second-order valence-corrected chi connectivity index (χ2v) is 19.0. The molecule has 10 rings (SSSR count). The van der Waals surface area contributed by atoms with E-state index in [1.807, 2.05) is 48.5 Å². The maximum Gasteiger partial charge on any atom is 0.187 e. The maximum absolute atomic E-state index is 13.9. The summed E-state index contributed by atoms with van der Waals surface area (Å²) in [4.78, 5) is 27.7. The molecular weight excluding hydrogens is 705 g/mol. The van der Waals surface area contributed by atoms with Gasteiger partial charge in [0.15, 0.2) is 10.9 Å². The number of benzene rings is 8. The first-order valence-corrected chi connectivity index (χ1v) is 20.6. The van der Waals surface area contributed by atoms with Gasteiger partial charge in [-0.25, -0.2) is 0 Å². The van der Waals surface area contributed by atoms with Crippen molar-refractivity contribution >= 4 is 53.9 Å². The molecule has 0 aromatic heterocycles. The highest BCUT2D eigenvalue weighted by Crippen LogP contribution is 2.54. The average molecular weight is 753 g/mol. The molecule has 0 radical (unpaired) electrons. The minimum Gasteiger partial charge on any atom is -0.289 e. The molecule has 0 atom stereocenters. The van der Waals surface area contributed by atoms with Crippen LogP contribution in [-0.2, 0) is 10.8 Å². The normalized spacial score (nSPS) is 12.8. The Morgan fingerprint density at radius 1 is 0.328 bits per heavy atom. The van der Waals surface area contributed by atoms with E-state index < -0.39 is 0 Å². The van der Waals surface area contributed by atoms with Gasteiger partial charge in [-0.2, -0.15) is 0 Å². The molecule has 2 nitrogen and oxygen atoms in total. The molecule has 0 spiro atoms. The van der Waals surface area contributed by atoms with E-state index in [4.69, 9.17) is 0 Å². The first-order valence-electron chi connectivity index (χ1n) is 20.6. The maximum atomic E-state index is 13.9. The van der Waals surface area contributed by atoms with Crippen molar-refractivity contribution < 1.29 is 0 Å². The van der Waals surface area contributed by atoms with Gasteiger partial charge in [-0.05, 0) is 196 Å². The number of fused-ring (bicyclic) bond motifs is 11. The van der Waals surface area contributed by atoms with Gasteiger partial charge < -0.3 is 0 Å². The molecule has 6 aromatic carbocycles. The van der Waals surface area contributed by atoms with Crippen LogP contribution >= 0.6 is 0 Å². The molecule has 0 fully saturated rings. The van der Waals surface area contributed by atoms with Gasteiger partial charge in [-0.15, -0.1) is 0 Å². The topological polar surface area (TPSA) is 34.1 Å². The van der Waals surface area contributed by atoms with Crippen LogP contribution in [0.2, 0.25) is 0 Å². The summed E-state index contributed by atoms with van der Waals surface area (Å²) in [6.45, 7) is 22.5. The van der Waals surface area contributed by atoms with Crippen molar-refractivity contribution in [3.05, 3.63) is 163 Å². The summed E-state index contributed by atoms with van der Waals surface area (Å²) in [5.74, 6) is 0. The SMILES string of the molecule is Cc1cc(C(C)(C)C)cc(C)c1-c1c2c3ccccc3c(=O)cc-2c2cc3cc4c(-c5c(C)cc(C(C)(C)C)cc5C)c5c6ccccc6c(=O)cc-5c4cc3cc12. The molecule has 0 bridgehead atoms. The number of hydrogen-bond acceptors (Lipinski definition) is 2. The summed E-state index contributed by atoms with van der Waals surface area (Å²) in [7, 11) is 0. The first-order chi connectivity index (χ1) is 27.5.